The van der Waals surface area contributed by atoms with Crippen molar-refractivity contribution in [2.24, 2.45) is 0 Å². The van der Waals surface area contributed by atoms with Crippen LogP contribution in [0.3, 0.4) is 0 Å². The van der Waals surface area contributed by atoms with Gasteiger partial charge >= 0.3 is 0 Å². The van der Waals surface area contributed by atoms with Gasteiger partial charge in [-0.15, -0.1) is 22.0 Å². The fraction of sp³-hybridized carbons (Fsp3) is 0.125. The Balaban J connectivity index is 2.42. The van der Waals surface area contributed by atoms with Crippen LogP contribution in [0.25, 0.3) is 16.2 Å². The molecule has 3 aromatic heterocycles. The summed E-state index contributed by atoms with van der Waals surface area (Å²) in [6.07, 6.45) is 3.21. The van der Waals surface area contributed by atoms with Gasteiger partial charge in [-0.25, -0.2) is 4.98 Å². The van der Waals surface area contributed by atoms with E-state index >= 15 is 0 Å². The average Bonchev–Trinajstić information content (AvgIpc) is 2.95. The maximum Gasteiger partial charge on any atom is 0.263 e. The van der Waals surface area contributed by atoms with Gasteiger partial charge in [-0.2, -0.15) is 9.78 Å². The highest BCUT2D eigenvalue weighted by atomic mass is 32.2. The summed E-state index contributed by atoms with van der Waals surface area (Å²) in [5.41, 5.74) is 1.90. The van der Waals surface area contributed by atoms with Gasteiger partial charge in [-0.1, -0.05) is 11.3 Å². The van der Waals surface area contributed by atoms with E-state index in [0.717, 1.165) is 0 Å². The van der Waals surface area contributed by atoms with E-state index in [1.807, 2.05) is 6.26 Å². The average molecular weight is 266 g/mol. The monoisotopic (exact) mass is 266 g/mol. The molecule has 0 fully saturated rings. The summed E-state index contributed by atoms with van der Waals surface area (Å²) in [7, 11) is 0. The van der Waals surface area contributed by atoms with Crippen molar-refractivity contribution in [3.63, 3.8) is 0 Å². The molecule has 0 aliphatic heterocycles. The predicted octanol–water partition coefficient (Wildman–Crippen LogP) is 0.682. The molecule has 0 radical (unpaired) electrons. The number of hydrogen-bond acceptors (Lipinski definition) is 7. The minimum Gasteiger partial charge on any atom is -0.312 e. The van der Waals surface area contributed by atoms with Crippen LogP contribution in [0, 0.1) is 0 Å². The quantitative estimate of drug-likeness (QED) is 0.686. The number of hydrogen-bond donors (Lipinski definition) is 1. The van der Waals surface area contributed by atoms with E-state index in [1.165, 1.54) is 34.1 Å². The van der Waals surface area contributed by atoms with Gasteiger partial charge in [0.15, 0.2) is 5.65 Å². The van der Waals surface area contributed by atoms with Crippen LogP contribution in [0.4, 0.5) is 0 Å². The first-order valence-electron chi connectivity index (χ1n) is 4.58. The first-order chi connectivity index (χ1) is 8.31. The van der Waals surface area contributed by atoms with E-state index in [2.05, 4.69) is 25.3 Å². The Morgan fingerprint density at radius 3 is 3.12 bits per heavy atom. The molecule has 0 aliphatic rings. The fourth-order valence-electron chi connectivity index (χ4n) is 1.47. The summed E-state index contributed by atoms with van der Waals surface area (Å²) < 4.78 is 1.54. The molecular weight excluding hydrogens is 260 g/mol. The number of rotatable bonds is 2. The van der Waals surface area contributed by atoms with Crippen LogP contribution in [0.1, 0.15) is 0 Å². The summed E-state index contributed by atoms with van der Waals surface area (Å²) in [6.45, 7) is 0. The summed E-state index contributed by atoms with van der Waals surface area (Å²) >= 11 is 2.73. The Morgan fingerprint density at radius 2 is 2.41 bits per heavy atom. The molecule has 0 unspecified atom stereocenters. The van der Waals surface area contributed by atoms with Crippen LogP contribution < -0.4 is 5.56 Å². The number of fused-ring (bicyclic) bond motifs is 1. The minimum atomic E-state index is -0.199. The van der Waals surface area contributed by atoms with E-state index < -0.39 is 0 Å². The molecule has 86 valence electrons. The molecule has 3 heterocycles. The Bertz CT molecular complexity index is 715. The summed E-state index contributed by atoms with van der Waals surface area (Å²) in [5, 5.41) is 13.7. The van der Waals surface area contributed by atoms with Crippen molar-refractivity contribution in [1.82, 2.24) is 29.9 Å². The van der Waals surface area contributed by atoms with Gasteiger partial charge in [0.2, 0.25) is 5.13 Å². The van der Waals surface area contributed by atoms with E-state index in [-0.39, 0.29) is 5.56 Å². The number of aromatic nitrogens is 6. The highest BCUT2D eigenvalue weighted by Crippen LogP contribution is 2.23. The van der Waals surface area contributed by atoms with Crippen molar-refractivity contribution in [2.75, 3.05) is 6.26 Å². The van der Waals surface area contributed by atoms with Crippen LogP contribution in [-0.4, -0.2) is 36.2 Å². The van der Waals surface area contributed by atoms with Crippen molar-refractivity contribution >= 4 is 34.1 Å². The lowest BCUT2D eigenvalue weighted by Gasteiger charge is -1.93. The highest BCUT2D eigenvalue weighted by Gasteiger charge is 2.16. The second-order valence-corrected chi connectivity index (χ2v) is 4.68. The van der Waals surface area contributed by atoms with Gasteiger partial charge in [-0.3, -0.25) is 4.79 Å². The molecule has 3 aromatic rings. The third-order valence-corrected chi connectivity index (χ3v) is 3.50. The second-order valence-electron chi connectivity index (χ2n) is 3.07. The van der Waals surface area contributed by atoms with E-state index in [0.29, 0.717) is 21.2 Å². The summed E-state index contributed by atoms with van der Waals surface area (Å²) in [4.78, 5) is 18.4. The number of nitrogens with zero attached hydrogens (tertiary/aromatic N) is 5. The van der Waals surface area contributed by atoms with Crippen LogP contribution in [0.2, 0.25) is 0 Å². The SMILES string of the molecule is CSc1nn(-c2nncs2)c2nc[nH]c(=O)c12. The van der Waals surface area contributed by atoms with Crippen LogP contribution in [0.5, 0.6) is 0 Å². The zero-order valence-corrected chi connectivity index (χ0v) is 10.2. The lowest BCUT2D eigenvalue weighted by molar-refractivity contribution is 0.826. The van der Waals surface area contributed by atoms with Gasteiger partial charge in [0.25, 0.3) is 5.56 Å². The third kappa shape index (κ3) is 1.54. The second kappa shape index (κ2) is 3.93. The van der Waals surface area contributed by atoms with E-state index in [9.17, 15) is 4.79 Å². The standard InChI is InChI=1S/C8H6N6OS2/c1-16-7-4-5(9-2-10-6(4)15)14(13-7)8-12-11-3-17-8/h2-3H,1H3,(H,9,10,15). The molecule has 3 rings (SSSR count). The predicted molar refractivity (Wildman–Crippen MR) is 64.7 cm³/mol. The summed E-state index contributed by atoms with van der Waals surface area (Å²) in [5.74, 6) is 0. The smallest absolute Gasteiger partial charge is 0.263 e. The summed E-state index contributed by atoms with van der Waals surface area (Å²) in [6, 6.07) is 0. The fourth-order valence-corrected chi connectivity index (χ4v) is 2.53. The van der Waals surface area contributed by atoms with Gasteiger partial charge in [0.05, 0.1) is 6.33 Å². The number of thioether (sulfide) groups is 1. The van der Waals surface area contributed by atoms with Crippen molar-refractivity contribution in [1.29, 1.82) is 0 Å². The molecule has 9 heteroatoms. The molecule has 0 amide bonds. The number of H-pyrrole nitrogens is 1. The minimum absolute atomic E-state index is 0.199. The lowest BCUT2D eigenvalue weighted by Crippen LogP contribution is -2.06. The lowest BCUT2D eigenvalue weighted by atomic mass is 10.4. The molecule has 1 N–H and O–H groups in total. The van der Waals surface area contributed by atoms with E-state index in [1.54, 1.807) is 5.51 Å². The largest absolute Gasteiger partial charge is 0.312 e. The molecule has 0 aromatic carbocycles. The third-order valence-electron chi connectivity index (χ3n) is 2.16. The molecule has 0 saturated heterocycles. The Hall–Kier alpha value is -1.74. The molecule has 0 saturated carbocycles. The van der Waals surface area contributed by atoms with E-state index in [4.69, 9.17) is 0 Å². The van der Waals surface area contributed by atoms with Crippen molar-refractivity contribution in [3.05, 3.63) is 22.2 Å². The van der Waals surface area contributed by atoms with Gasteiger partial charge in [-0.05, 0) is 6.26 Å². The van der Waals surface area contributed by atoms with Crippen molar-refractivity contribution in [2.45, 2.75) is 5.03 Å². The number of nitrogens with one attached hydrogen (secondary N) is 1. The number of aromatic amines is 1. The first kappa shape index (κ1) is 10.4. The Labute approximate surface area is 103 Å². The van der Waals surface area contributed by atoms with Gasteiger partial charge in [0.1, 0.15) is 15.9 Å². The van der Waals surface area contributed by atoms with Crippen LogP contribution in [-0.2, 0) is 0 Å². The van der Waals surface area contributed by atoms with Gasteiger partial charge in [0, 0.05) is 0 Å². The maximum atomic E-state index is 11.7. The van der Waals surface area contributed by atoms with Crippen LogP contribution >= 0.6 is 23.1 Å². The molecule has 7 nitrogen and oxygen atoms in total. The van der Waals surface area contributed by atoms with Gasteiger partial charge < -0.3 is 4.98 Å². The topological polar surface area (TPSA) is 89.3 Å². The normalized spacial score (nSPS) is 11.1. The maximum absolute atomic E-state index is 11.7. The van der Waals surface area contributed by atoms with Crippen molar-refractivity contribution in [3.8, 4) is 5.13 Å². The molecule has 0 aliphatic carbocycles. The molecule has 0 bridgehead atoms. The zero-order valence-electron chi connectivity index (χ0n) is 8.62. The molecule has 0 atom stereocenters. The Kier molecular flexibility index (Phi) is 2.41. The van der Waals surface area contributed by atoms with Crippen molar-refractivity contribution < 1.29 is 0 Å². The molecule has 0 spiro atoms. The first-order valence-corrected chi connectivity index (χ1v) is 6.68. The Morgan fingerprint density at radius 1 is 1.53 bits per heavy atom. The molecule has 17 heavy (non-hydrogen) atoms. The molecular formula is C8H6N6OS2. The highest BCUT2D eigenvalue weighted by molar-refractivity contribution is 7.98. The zero-order chi connectivity index (χ0) is 11.8. The van der Waals surface area contributed by atoms with Crippen LogP contribution in [0.15, 0.2) is 21.7 Å².